The number of halogens is 1. The van der Waals surface area contributed by atoms with Crippen LogP contribution in [0.4, 0.5) is 0 Å². The van der Waals surface area contributed by atoms with Crippen LogP contribution in [0, 0.1) is 16.7 Å². The van der Waals surface area contributed by atoms with E-state index in [4.69, 9.17) is 16.3 Å². The zero-order valence-electron chi connectivity index (χ0n) is 13.0. The molecule has 6 heteroatoms. The summed E-state index contributed by atoms with van der Waals surface area (Å²) in [7, 11) is 0. The second-order valence-electron chi connectivity index (χ2n) is 5.50. The number of Topliss-reactive ketones (excluding diaryl/α,β-unsaturated/α-hetero) is 1. The highest BCUT2D eigenvalue weighted by atomic mass is 35.5. The number of ether oxygens (including phenoxy) is 1. The normalized spacial score (nSPS) is 18.6. The number of alkyl halides is 1. The Bertz CT molecular complexity index is 608. The number of nitrogens with zero attached hydrogens (tertiary/aromatic N) is 2. The number of morpholine rings is 1. The number of amides is 1. The van der Waals surface area contributed by atoms with Crippen molar-refractivity contribution in [3.05, 3.63) is 35.9 Å². The topological polar surface area (TPSA) is 70.4 Å². The summed E-state index contributed by atoms with van der Waals surface area (Å²) in [4.78, 5) is 27.0. The van der Waals surface area contributed by atoms with E-state index in [0.717, 1.165) is 0 Å². The van der Waals surface area contributed by atoms with Crippen molar-refractivity contribution in [1.82, 2.24) is 4.90 Å². The molecule has 0 aliphatic carbocycles. The second kappa shape index (κ2) is 7.58. The van der Waals surface area contributed by atoms with Gasteiger partial charge in [-0.15, -0.1) is 11.6 Å². The summed E-state index contributed by atoms with van der Waals surface area (Å²) in [5.41, 5.74) is -1.10. The van der Waals surface area contributed by atoms with Crippen molar-refractivity contribution >= 4 is 23.3 Å². The first-order chi connectivity index (χ1) is 11.1. The Morgan fingerprint density at radius 2 is 1.96 bits per heavy atom. The fourth-order valence-corrected chi connectivity index (χ4v) is 3.32. The Hall–Kier alpha value is -1.90. The molecule has 0 spiro atoms. The molecule has 1 aromatic carbocycles. The van der Waals surface area contributed by atoms with Gasteiger partial charge in [0, 0.05) is 24.9 Å². The minimum Gasteiger partial charge on any atom is -0.378 e. The summed E-state index contributed by atoms with van der Waals surface area (Å²) >= 11 is 6.09. The molecule has 0 aromatic heterocycles. The number of nitriles is 1. The highest BCUT2D eigenvalue weighted by Crippen LogP contribution is 2.39. The van der Waals surface area contributed by atoms with Crippen LogP contribution in [0.1, 0.15) is 18.4 Å². The summed E-state index contributed by atoms with van der Waals surface area (Å²) in [5.74, 6) is -1.65. The van der Waals surface area contributed by atoms with E-state index in [9.17, 15) is 14.9 Å². The average Bonchev–Trinajstić information content (AvgIpc) is 2.60. The van der Waals surface area contributed by atoms with E-state index in [-0.39, 0.29) is 5.88 Å². The van der Waals surface area contributed by atoms with E-state index < -0.39 is 23.0 Å². The van der Waals surface area contributed by atoms with Gasteiger partial charge in [-0.1, -0.05) is 30.3 Å². The van der Waals surface area contributed by atoms with Crippen LogP contribution in [0.2, 0.25) is 0 Å². The maximum absolute atomic E-state index is 13.0. The molecular weight excluding hydrogens is 316 g/mol. The van der Waals surface area contributed by atoms with Crippen LogP contribution in [0.5, 0.6) is 0 Å². The van der Waals surface area contributed by atoms with Crippen LogP contribution in [-0.2, 0) is 14.3 Å². The number of carbonyl (C=O) groups is 2. The van der Waals surface area contributed by atoms with Gasteiger partial charge in [0.2, 0.25) is 5.41 Å². The van der Waals surface area contributed by atoms with Crippen molar-refractivity contribution in [2.75, 3.05) is 32.2 Å². The van der Waals surface area contributed by atoms with Crippen molar-refractivity contribution in [1.29, 1.82) is 5.26 Å². The molecule has 1 saturated heterocycles. The smallest absolute Gasteiger partial charge is 0.251 e. The number of rotatable bonds is 5. The third kappa shape index (κ3) is 3.24. The maximum Gasteiger partial charge on any atom is 0.251 e. The molecule has 1 aromatic rings. The molecule has 0 saturated carbocycles. The minimum atomic E-state index is -1.81. The second-order valence-corrected chi connectivity index (χ2v) is 5.81. The van der Waals surface area contributed by atoms with Crippen molar-refractivity contribution in [3.8, 4) is 6.07 Å². The van der Waals surface area contributed by atoms with Crippen LogP contribution < -0.4 is 0 Å². The molecule has 1 heterocycles. The summed E-state index contributed by atoms with van der Waals surface area (Å²) in [6.45, 7) is 2.84. The van der Waals surface area contributed by atoms with Crippen molar-refractivity contribution in [3.63, 3.8) is 0 Å². The summed E-state index contributed by atoms with van der Waals surface area (Å²) in [5, 5.41) is 9.80. The molecule has 23 heavy (non-hydrogen) atoms. The molecule has 122 valence electrons. The number of carbonyl (C=O) groups excluding carboxylic acids is 2. The number of hydrogen-bond donors (Lipinski definition) is 0. The van der Waals surface area contributed by atoms with Crippen molar-refractivity contribution in [2.45, 2.75) is 12.8 Å². The largest absolute Gasteiger partial charge is 0.378 e. The molecule has 2 atom stereocenters. The first-order valence-electron chi connectivity index (χ1n) is 7.48. The van der Waals surface area contributed by atoms with Crippen LogP contribution in [0.3, 0.4) is 0 Å². The van der Waals surface area contributed by atoms with Gasteiger partial charge in [-0.25, -0.2) is 0 Å². The monoisotopic (exact) mass is 334 g/mol. The first kappa shape index (κ1) is 17.5. The van der Waals surface area contributed by atoms with E-state index in [1.165, 1.54) is 11.8 Å². The lowest BCUT2D eigenvalue weighted by molar-refractivity contribution is -0.149. The quantitative estimate of drug-likeness (QED) is 0.609. The lowest BCUT2D eigenvalue weighted by Crippen LogP contribution is -2.54. The van der Waals surface area contributed by atoms with Crippen molar-refractivity contribution in [2.24, 2.45) is 5.41 Å². The molecule has 5 nitrogen and oxygen atoms in total. The lowest BCUT2D eigenvalue weighted by Gasteiger charge is -2.37. The zero-order chi connectivity index (χ0) is 16.9. The van der Waals surface area contributed by atoms with Gasteiger partial charge in [0.15, 0.2) is 5.78 Å². The highest BCUT2D eigenvalue weighted by Gasteiger charge is 2.53. The Morgan fingerprint density at radius 3 is 2.43 bits per heavy atom. The summed E-state index contributed by atoms with van der Waals surface area (Å²) in [6.07, 6.45) is 0. The van der Waals surface area contributed by atoms with Crippen LogP contribution in [-0.4, -0.2) is 48.8 Å². The van der Waals surface area contributed by atoms with Crippen LogP contribution >= 0.6 is 11.6 Å². The van der Waals surface area contributed by atoms with E-state index >= 15 is 0 Å². The third-order valence-electron chi connectivity index (χ3n) is 4.25. The van der Waals surface area contributed by atoms with E-state index in [0.29, 0.717) is 31.9 Å². The molecule has 0 bridgehead atoms. The van der Waals surface area contributed by atoms with E-state index in [1.54, 1.807) is 24.3 Å². The standard InChI is InChI=1S/C17H19ClN2O3/c1-13(21)17(12-19,16(22)20-7-9-23-10-8-20)15(11-18)14-5-3-2-4-6-14/h2-6,15H,7-11H2,1H3. The van der Waals surface area contributed by atoms with Crippen LogP contribution in [0.25, 0.3) is 0 Å². The van der Waals surface area contributed by atoms with E-state index in [2.05, 4.69) is 0 Å². The van der Waals surface area contributed by atoms with Crippen LogP contribution in [0.15, 0.2) is 30.3 Å². The fourth-order valence-electron chi connectivity index (χ4n) is 2.91. The van der Waals surface area contributed by atoms with Gasteiger partial charge >= 0.3 is 0 Å². The van der Waals surface area contributed by atoms with Gasteiger partial charge in [-0.05, 0) is 12.5 Å². The van der Waals surface area contributed by atoms with Crippen molar-refractivity contribution < 1.29 is 14.3 Å². The predicted octanol–water partition coefficient (Wildman–Crippen LogP) is 1.97. The van der Waals surface area contributed by atoms with E-state index in [1.807, 2.05) is 12.1 Å². The molecule has 2 rings (SSSR count). The maximum atomic E-state index is 13.0. The Morgan fingerprint density at radius 1 is 1.35 bits per heavy atom. The molecular formula is C17H19ClN2O3. The summed E-state index contributed by atoms with van der Waals surface area (Å²) < 4.78 is 5.24. The Kier molecular flexibility index (Phi) is 5.75. The Labute approximate surface area is 140 Å². The fraction of sp³-hybridized carbons (Fsp3) is 0.471. The number of hydrogen-bond acceptors (Lipinski definition) is 4. The molecule has 1 aliphatic rings. The molecule has 2 unspecified atom stereocenters. The number of benzene rings is 1. The molecule has 1 amide bonds. The summed E-state index contributed by atoms with van der Waals surface area (Å²) in [6, 6.07) is 11.0. The minimum absolute atomic E-state index is 0.00718. The van der Waals surface area contributed by atoms with Gasteiger partial charge in [0.05, 0.1) is 19.3 Å². The Balaban J connectivity index is 2.47. The van der Waals surface area contributed by atoms with Gasteiger partial charge < -0.3 is 9.64 Å². The molecule has 0 radical (unpaired) electrons. The molecule has 0 N–H and O–H groups in total. The highest BCUT2D eigenvalue weighted by molar-refractivity contribution is 6.20. The average molecular weight is 335 g/mol. The molecule has 1 fully saturated rings. The first-order valence-corrected chi connectivity index (χ1v) is 8.01. The van der Waals surface area contributed by atoms with Gasteiger partial charge in [0.25, 0.3) is 5.91 Å². The predicted molar refractivity (Wildman–Crippen MR) is 86.0 cm³/mol. The molecule has 1 aliphatic heterocycles. The SMILES string of the molecule is CC(=O)C(C#N)(C(=O)N1CCOCC1)C(CCl)c1ccccc1. The zero-order valence-corrected chi connectivity index (χ0v) is 13.8. The lowest BCUT2D eigenvalue weighted by atomic mass is 9.70. The van der Waals surface area contributed by atoms with Gasteiger partial charge in [0.1, 0.15) is 0 Å². The van der Waals surface area contributed by atoms with Gasteiger partial charge in [-0.3, -0.25) is 9.59 Å². The number of ketones is 1. The van der Waals surface area contributed by atoms with Gasteiger partial charge in [-0.2, -0.15) is 5.26 Å². The third-order valence-corrected chi connectivity index (χ3v) is 4.55.